The number of likely N-dealkylation sites (N-methyl/N-ethyl adjacent to an activating group) is 1. The van der Waals surface area contributed by atoms with E-state index >= 15 is 0 Å². The monoisotopic (exact) mass is 493 g/mol. The van der Waals surface area contributed by atoms with Gasteiger partial charge in [-0.2, -0.15) is 0 Å². The van der Waals surface area contributed by atoms with Crippen LogP contribution in [0.25, 0.3) is 0 Å². The molecule has 2 aromatic rings. The zero-order valence-corrected chi connectivity index (χ0v) is 20.2. The van der Waals surface area contributed by atoms with Crippen LogP contribution in [0.15, 0.2) is 38.3 Å². The lowest BCUT2D eigenvalue weighted by molar-refractivity contribution is -0.119. The second-order valence-electron chi connectivity index (χ2n) is 8.16. The van der Waals surface area contributed by atoms with Gasteiger partial charge in [0.25, 0.3) is 5.56 Å². The standard InChI is InChI=1S/C22H32BrN5O3/c1-5-6-11-27(18(29)14-26(4)13-16-9-7-8-10-17(16)23)19-20(24)28(12-15(2)3)22(31)25-21(19)30/h7-10,15H,5-6,11-14,24H2,1-4H3,(H,25,30,31). The fourth-order valence-corrected chi connectivity index (χ4v) is 3.76. The highest BCUT2D eigenvalue weighted by Crippen LogP contribution is 2.20. The fourth-order valence-electron chi connectivity index (χ4n) is 3.35. The third-order valence-corrected chi connectivity index (χ3v) is 5.64. The quantitative estimate of drug-likeness (QED) is 0.529. The van der Waals surface area contributed by atoms with Crippen LogP contribution in [0.3, 0.4) is 0 Å². The van der Waals surface area contributed by atoms with Crippen molar-refractivity contribution in [1.29, 1.82) is 0 Å². The fraction of sp³-hybridized carbons (Fsp3) is 0.500. The average molecular weight is 494 g/mol. The van der Waals surface area contributed by atoms with Crippen molar-refractivity contribution in [2.24, 2.45) is 5.92 Å². The molecule has 2 rings (SSSR count). The van der Waals surface area contributed by atoms with Crippen molar-refractivity contribution < 1.29 is 4.79 Å². The van der Waals surface area contributed by atoms with Crippen LogP contribution in [-0.4, -0.2) is 40.5 Å². The number of nitrogens with zero attached hydrogens (tertiary/aromatic N) is 3. The molecule has 0 spiro atoms. The molecule has 9 heteroatoms. The van der Waals surface area contributed by atoms with Crippen LogP contribution in [-0.2, 0) is 17.9 Å². The number of unbranched alkanes of at least 4 members (excludes halogenated alkanes) is 1. The van der Waals surface area contributed by atoms with Crippen molar-refractivity contribution in [1.82, 2.24) is 14.5 Å². The highest BCUT2D eigenvalue weighted by atomic mass is 79.9. The van der Waals surface area contributed by atoms with Gasteiger partial charge in [0.15, 0.2) is 5.69 Å². The van der Waals surface area contributed by atoms with E-state index in [1.165, 1.54) is 9.47 Å². The minimum Gasteiger partial charge on any atom is -0.383 e. The van der Waals surface area contributed by atoms with Gasteiger partial charge in [0.1, 0.15) is 5.82 Å². The molecule has 0 bridgehead atoms. The van der Waals surface area contributed by atoms with Crippen molar-refractivity contribution >= 4 is 33.3 Å². The van der Waals surface area contributed by atoms with Crippen molar-refractivity contribution in [3.05, 3.63) is 55.1 Å². The zero-order valence-electron chi connectivity index (χ0n) is 18.7. The van der Waals surface area contributed by atoms with Crippen molar-refractivity contribution in [2.75, 3.05) is 30.8 Å². The number of hydrogen-bond donors (Lipinski definition) is 2. The van der Waals surface area contributed by atoms with E-state index in [2.05, 4.69) is 20.9 Å². The minimum atomic E-state index is -0.639. The van der Waals surface area contributed by atoms with Crippen LogP contribution in [0.2, 0.25) is 0 Å². The molecule has 0 aliphatic heterocycles. The summed E-state index contributed by atoms with van der Waals surface area (Å²) >= 11 is 3.53. The number of nitrogen functional groups attached to an aromatic ring is 1. The van der Waals surface area contributed by atoms with Gasteiger partial charge in [0.05, 0.1) is 6.54 Å². The van der Waals surface area contributed by atoms with Crippen molar-refractivity contribution in [3.8, 4) is 0 Å². The lowest BCUT2D eigenvalue weighted by Gasteiger charge is -2.27. The van der Waals surface area contributed by atoms with E-state index < -0.39 is 11.2 Å². The number of aromatic nitrogens is 2. The molecule has 0 saturated carbocycles. The molecule has 3 N–H and O–H groups in total. The number of hydrogen-bond acceptors (Lipinski definition) is 5. The molecule has 1 aromatic carbocycles. The van der Waals surface area contributed by atoms with E-state index in [9.17, 15) is 14.4 Å². The van der Waals surface area contributed by atoms with Gasteiger partial charge in [0.2, 0.25) is 5.91 Å². The number of carbonyl (C=O) groups is 1. The molecule has 0 saturated heterocycles. The average Bonchev–Trinajstić information content (AvgIpc) is 2.69. The molecule has 1 amide bonds. The normalized spacial score (nSPS) is 11.3. The first kappa shape index (κ1) is 24.9. The van der Waals surface area contributed by atoms with Crippen LogP contribution >= 0.6 is 15.9 Å². The Morgan fingerprint density at radius 3 is 2.55 bits per heavy atom. The molecule has 1 heterocycles. The molecule has 0 aliphatic rings. The van der Waals surface area contributed by atoms with Gasteiger partial charge in [-0.05, 0) is 31.0 Å². The van der Waals surface area contributed by atoms with E-state index in [1.54, 1.807) is 0 Å². The Hall–Kier alpha value is -2.39. The topological polar surface area (TPSA) is 104 Å². The summed E-state index contributed by atoms with van der Waals surface area (Å²) in [4.78, 5) is 43.8. The first-order valence-electron chi connectivity index (χ1n) is 10.5. The molecule has 31 heavy (non-hydrogen) atoms. The molecular weight excluding hydrogens is 462 g/mol. The predicted octanol–water partition coefficient (Wildman–Crippen LogP) is 2.80. The summed E-state index contributed by atoms with van der Waals surface area (Å²) < 4.78 is 2.30. The van der Waals surface area contributed by atoms with Crippen LogP contribution in [0.5, 0.6) is 0 Å². The van der Waals surface area contributed by atoms with Gasteiger partial charge in [-0.1, -0.05) is 61.3 Å². The van der Waals surface area contributed by atoms with Crippen LogP contribution in [0, 0.1) is 5.92 Å². The SMILES string of the molecule is CCCCN(C(=O)CN(C)Cc1ccccc1Br)c1c(N)n(CC(C)C)c(=O)[nH]c1=O. The van der Waals surface area contributed by atoms with E-state index in [0.29, 0.717) is 26.1 Å². The Bertz CT molecular complexity index is 1010. The number of benzene rings is 1. The minimum absolute atomic E-state index is 0.0281. The third kappa shape index (κ3) is 6.54. The maximum absolute atomic E-state index is 13.2. The second-order valence-corrected chi connectivity index (χ2v) is 9.01. The van der Waals surface area contributed by atoms with E-state index in [4.69, 9.17) is 5.73 Å². The van der Waals surface area contributed by atoms with Gasteiger partial charge in [-0.25, -0.2) is 4.79 Å². The van der Waals surface area contributed by atoms with Crippen LogP contribution in [0.4, 0.5) is 11.5 Å². The number of aromatic amines is 1. The summed E-state index contributed by atoms with van der Waals surface area (Å²) in [5.41, 5.74) is 6.15. The summed E-state index contributed by atoms with van der Waals surface area (Å²) in [6, 6.07) is 7.83. The molecule has 1 aromatic heterocycles. The molecule has 0 atom stereocenters. The Labute approximate surface area is 191 Å². The molecule has 170 valence electrons. The number of amides is 1. The number of nitrogens with one attached hydrogen (secondary N) is 1. The van der Waals surface area contributed by atoms with Gasteiger partial charge in [-0.3, -0.25) is 24.0 Å². The zero-order chi connectivity index (χ0) is 23.1. The van der Waals surface area contributed by atoms with Crippen molar-refractivity contribution in [2.45, 2.75) is 46.7 Å². The lowest BCUT2D eigenvalue weighted by Crippen LogP contribution is -2.45. The summed E-state index contributed by atoms with van der Waals surface area (Å²) in [6.07, 6.45) is 1.56. The Morgan fingerprint density at radius 1 is 1.26 bits per heavy atom. The number of H-pyrrole nitrogens is 1. The van der Waals surface area contributed by atoms with Crippen LogP contribution < -0.4 is 21.9 Å². The summed E-state index contributed by atoms with van der Waals surface area (Å²) in [5, 5.41) is 0. The number of nitrogens with two attached hydrogens (primary N) is 1. The number of halogens is 1. The van der Waals surface area contributed by atoms with E-state index in [-0.39, 0.29) is 29.9 Å². The Morgan fingerprint density at radius 2 is 1.94 bits per heavy atom. The summed E-state index contributed by atoms with van der Waals surface area (Å²) in [5.74, 6) is -0.0655. The van der Waals surface area contributed by atoms with Crippen LogP contribution in [0.1, 0.15) is 39.2 Å². The summed E-state index contributed by atoms with van der Waals surface area (Å²) in [7, 11) is 1.85. The van der Waals surface area contributed by atoms with Crippen molar-refractivity contribution in [3.63, 3.8) is 0 Å². The van der Waals surface area contributed by atoms with Gasteiger partial charge in [-0.15, -0.1) is 0 Å². The van der Waals surface area contributed by atoms with E-state index in [1.807, 2.05) is 57.0 Å². The number of anilines is 2. The Kier molecular flexibility index (Phi) is 9.06. The van der Waals surface area contributed by atoms with Gasteiger partial charge >= 0.3 is 5.69 Å². The Balaban J connectivity index is 2.34. The molecule has 0 radical (unpaired) electrons. The number of rotatable bonds is 10. The first-order chi connectivity index (χ1) is 14.6. The first-order valence-corrected chi connectivity index (χ1v) is 11.3. The van der Waals surface area contributed by atoms with E-state index in [0.717, 1.165) is 16.5 Å². The molecule has 0 unspecified atom stereocenters. The lowest BCUT2D eigenvalue weighted by atomic mass is 10.2. The highest BCUT2D eigenvalue weighted by Gasteiger charge is 2.25. The third-order valence-electron chi connectivity index (χ3n) is 4.87. The maximum Gasteiger partial charge on any atom is 0.330 e. The predicted molar refractivity (Wildman–Crippen MR) is 128 cm³/mol. The van der Waals surface area contributed by atoms with Gasteiger partial charge in [0, 0.05) is 24.1 Å². The second kappa shape index (κ2) is 11.3. The highest BCUT2D eigenvalue weighted by molar-refractivity contribution is 9.10. The molecule has 0 aliphatic carbocycles. The summed E-state index contributed by atoms with van der Waals surface area (Å²) in [6.45, 7) is 7.29. The molecular formula is C22H32BrN5O3. The number of carbonyl (C=O) groups excluding carboxylic acids is 1. The maximum atomic E-state index is 13.2. The molecule has 8 nitrogen and oxygen atoms in total. The smallest absolute Gasteiger partial charge is 0.330 e. The molecule has 0 fully saturated rings. The van der Waals surface area contributed by atoms with Gasteiger partial charge < -0.3 is 10.6 Å². The largest absolute Gasteiger partial charge is 0.383 e.